The Morgan fingerprint density at radius 1 is 0.935 bits per heavy atom. The van der Waals surface area contributed by atoms with E-state index in [-0.39, 0.29) is 22.7 Å². The van der Waals surface area contributed by atoms with Crippen LogP contribution in [0.5, 0.6) is 0 Å². The molecular weight excluding hydrogens is 396 g/mol. The zero-order chi connectivity index (χ0) is 22.5. The van der Waals surface area contributed by atoms with E-state index in [4.69, 9.17) is 20.5 Å². The SMILES string of the molecule is COC(=O)C1=C(C(=O)OC)N(c2ccc(C#N)cc2)C(N)=C(C#N)C1c1ccccc1. The summed E-state index contributed by atoms with van der Waals surface area (Å²) in [6.07, 6.45) is 0. The molecule has 8 heteroatoms. The Labute approximate surface area is 179 Å². The van der Waals surface area contributed by atoms with E-state index in [9.17, 15) is 14.9 Å². The topological polar surface area (TPSA) is 129 Å². The molecule has 1 unspecified atom stereocenters. The van der Waals surface area contributed by atoms with Crippen molar-refractivity contribution in [1.82, 2.24) is 0 Å². The summed E-state index contributed by atoms with van der Waals surface area (Å²) < 4.78 is 9.92. The number of carbonyl (C=O) groups is 2. The van der Waals surface area contributed by atoms with Crippen molar-refractivity contribution in [2.24, 2.45) is 5.73 Å². The maximum absolute atomic E-state index is 12.9. The summed E-state index contributed by atoms with van der Waals surface area (Å²) >= 11 is 0. The highest BCUT2D eigenvalue weighted by Crippen LogP contribution is 2.43. The fraction of sp³-hybridized carbons (Fsp3) is 0.130. The summed E-state index contributed by atoms with van der Waals surface area (Å²) in [4.78, 5) is 27.1. The first-order valence-electron chi connectivity index (χ1n) is 9.14. The number of nitrogens with zero attached hydrogens (tertiary/aromatic N) is 3. The van der Waals surface area contributed by atoms with Crippen LogP contribution in [0.4, 0.5) is 5.69 Å². The van der Waals surface area contributed by atoms with Gasteiger partial charge in [-0.25, -0.2) is 9.59 Å². The van der Waals surface area contributed by atoms with E-state index in [1.165, 1.54) is 31.3 Å². The van der Waals surface area contributed by atoms with Gasteiger partial charge in [0.05, 0.1) is 49.0 Å². The summed E-state index contributed by atoms with van der Waals surface area (Å²) in [5, 5.41) is 19.0. The molecule has 2 aromatic rings. The number of ether oxygens (including phenoxy) is 2. The number of hydrogen-bond donors (Lipinski definition) is 1. The van der Waals surface area contributed by atoms with E-state index in [0.717, 1.165) is 0 Å². The van der Waals surface area contributed by atoms with E-state index in [1.54, 1.807) is 42.5 Å². The summed E-state index contributed by atoms with van der Waals surface area (Å²) in [6, 6.07) is 19.0. The van der Waals surface area contributed by atoms with Gasteiger partial charge in [-0.3, -0.25) is 4.90 Å². The number of nitriles is 2. The van der Waals surface area contributed by atoms with Crippen LogP contribution >= 0.6 is 0 Å². The van der Waals surface area contributed by atoms with Crippen molar-refractivity contribution >= 4 is 17.6 Å². The third-order valence-electron chi connectivity index (χ3n) is 4.86. The van der Waals surface area contributed by atoms with Gasteiger partial charge in [0.25, 0.3) is 0 Å². The number of hydrogen-bond acceptors (Lipinski definition) is 8. The maximum Gasteiger partial charge on any atom is 0.355 e. The average Bonchev–Trinajstić information content (AvgIpc) is 2.82. The Kier molecular flexibility index (Phi) is 6.04. The Morgan fingerprint density at radius 2 is 1.55 bits per heavy atom. The number of rotatable bonds is 4. The molecule has 0 saturated heterocycles. The molecule has 0 saturated carbocycles. The molecule has 0 radical (unpaired) electrons. The van der Waals surface area contributed by atoms with Crippen molar-refractivity contribution in [2.75, 3.05) is 19.1 Å². The number of anilines is 1. The average molecular weight is 414 g/mol. The predicted octanol–water partition coefficient (Wildman–Crippen LogP) is 2.46. The van der Waals surface area contributed by atoms with Crippen LogP contribution in [0.15, 0.2) is 77.3 Å². The number of carbonyl (C=O) groups excluding carboxylic acids is 2. The second-order valence-corrected chi connectivity index (χ2v) is 6.49. The molecule has 1 aliphatic rings. The molecule has 0 aliphatic carbocycles. The van der Waals surface area contributed by atoms with Crippen molar-refractivity contribution in [2.45, 2.75) is 5.92 Å². The van der Waals surface area contributed by atoms with E-state index < -0.39 is 17.9 Å². The molecule has 1 heterocycles. The summed E-state index contributed by atoms with van der Waals surface area (Å²) in [5.74, 6) is -2.59. The first-order valence-corrected chi connectivity index (χ1v) is 9.14. The number of allylic oxidation sites excluding steroid dienone is 1. The van der Waals surface area contributed by atoms with Gasteiger partial charge in [0.2, 0.25) is 0 Å². The Bertz CT molecular complexity index is 1170. The minimum Gasteiger partial charge on any atom is -0.466 e. The fourth-order valence-electron chi connectivity index (χ4n) is 3.47. The monoisotopic (exact) mass is 414 g/mol. The van der Waals surface area contributed by atoms with Crippen LogP contribution in [0.25, 0.3) is 0 Å². The fourth-order valence-corrected chi connectivity index (χ4v) is 3.47. The van der Waals surface area contributed by atoms with Gasteiger partial charge in [0.15, 0.2) is 0 Å². The maximum atomic E-state index is 12.9. The molecule has 0 amide bonds. The van der Waals surface area contributed by atoms with Gasteiger partial charge in [-0.2, -0.15) is 10.5 Å². The molecular formula is C23H18N4O4. The smallest absolute Gasteiger partial charge is 0.355 e. The van der Waals surface area contributed by atoms with Crippen LogP contribution in [0.2, 0.25) is 0 Å². The third-order valence-corrected chi connectivity index (χ3v) is 4.86. The molecule has 3 rings (SSSR count). The summed E-state index contributed by atoms with van der Waals surface area (Å²) in [5.41, 5.74) is 7.56. The van der Waals surface area contributed by atoms with Gasteiger partial charge < -0.3 is 15.2 Å². The third kappa shape index (κ3) is 3.70. The molecule has 0 spiro atoms. The van der Waals surface area contributed by atoms with Crippen LogP contribution in [0.1, 0.15) is 17.0 Å². The molecule has 0 aromatic heterocycles. The zero-order valence-corrected chi connectivity index (χ0v) is 16.8. The molecule has 8 nitrogen and oxygen atoms in total. The van der Waals surface area contributed by atoms with E-state index in [1.807, 2.05) is 6.07 Å². The van der Waals surface area contributed by atoms with Crippen LogP contribution in [0.3, 0.4) is 0 Å². The summed E-state index contributed by atoms with van der Waals surface area (Å²) in [6.45, 7) is 0. The molecule has 1 atom stereocenters. The van der Waals surface area contributed by atoms with Crippen molar-refractivity contribution in [3.8, 4) is 12.1 Å². The molecule has 2 aromatic carbocycles. The lowest BCUT2D eigenvalue weighted by atomic mass is 9.81. The van der Waals surface area contributed by atoms with Crippen molar-refractivity contribution in [1.29, 1.82) is 10.5 Å². The molecule has 1 aliphatic heterocycles. The van der Waals surface area contributed by atoms with Crippen molar-refractivity contribution in [3.63, 3.8) is 0 Å². The zero-order valence-electron chi connectivity index (χ0n) is 16.8. The van der Waals surface area contributed by atoms with Gasteiger partial charge >= 0.3 is 11.9 Å². The van der Waals surface area contributed by atoms with Crippen LogP contribution in [-0.2, 0) is 19.1 Å². The molecule has 154 valence electrons. The molecule has 2 N–H and O–H groups in total. The van der Waals surface area contributed by atoms with Gasteiger partial charge in [-0.15, -0.1) is 0 Å². The van der Waals surface area contributed by atoms with Crippen LogP contribution in [-0.4, -0.2) is 26.2 Å². The predicted molar refractivity (Wildman–Crippen MR) is 111 cm³/mol. The lowest BCUT2D eigenvalue weighted by Crippen LogP contribution is -2.40. The highest BCUT2D eigenvalue weighted by atomic mass is 16.5. The standard InChI is InChI=1S/C23H18N4O4/c1-30-22(28)19-18(15-6-4-3-5-7-15)17(13-25)21(26)27(20(19)23(29)31-2)16-10-8-14(12-24)9-11-16/h3-11,18H,26H2,1-2H3. The molecule has 0 fully saturated rings. The van der Waals surface area contributed by atoms with E-state index in [2.05, 4.69) is 6.07 Å². The first-order chi connectivity index (χ1) is 15.0. The highest BCUT2D eigenvalue weighted by molar-refractivity contribution is 6.06. The Morgan fingerprint density at radius 3 is 2.06 bits per heavy atom. The number of benzene rings is 2. The number of nitrogens with two attached hydrogens (primary N) is 1. The normalized spacial score (nSPS) is 15.7. The molecule has 31 heavy (non-hydrogen) atoms. The van der Waals surface area contributed by atoms with Crippen LogP contribution in [0, 0.1) is 22.7 Å². The van der Waals surface area contributed by atoms with Crippen molar-refractivity contribution in [3.05, 3.63) is 88.4 Å². The second-order valence-electron chi connectivity index (χ2n) is 6.49. The highest BCUT2D eigenvalue weighted by Gasteiger charge is 2.42. The molecule has 0 bridgehead atoms. The quantitative estimate of drug-likeness (QED) is 0.755. The first kappa shape index (κ1) is 21.2. The summed E-state index contributed by atoms with van der Waals surface area (Å²) in [7, 11) is 2.37. The van der Waals surface area contributed by atoms with E-state index in [0.29, 0.717) is 16.8 Å². The lowest BCUT2D eigenvalue weighted by Gasteiger charge is -2.35. The number of esters is 2. The minimum absolute atomic E-state index is 0.0332. The lowest BCUT2D eigenvalue weighted by molar-refractivity contribution is -0.139. The Balaban J connectivity index is 2.38. The second kappa shape index (κ2) is 8.85. The van der Waals surface area contributed by atoms with Gasteiger partial charge in [-0.1, -0.05) is 30.3 Å². The van der Waals surface area contributed by atoms with Crippen LogP contribution < -0.4 is 10.6 Å². The van der Waals surface area contributed by atoms with Crippen molar-refractivity contribution < 1.29 is 19.1 Å². The van der Waals surface area contributed by atoms with Gasteiger partial charge in [-0.05, 0) is 29.8 Å². The Hall–Kier alpha value is -4.56. The van der Waals surface area contributed by atoms with Gasteiger partial charge in [0.1, 0.15) is 11.5 Å². The largest absolute Gasteiger partial charge is 0.466 e. The van der Waals surface area contributed by atoms with E-state index >= 15 is 0 Å². The van der Waals surface area contributed by atoms with Gasteiger partial charge in [0, 0.05) is 5.69 Å². The number of methoxy groups -OCH3 is 2. The minimum atomic E-state index is -0.928.